The van der Waals surface area contributed by atoms with Gasteiger partial charge in [-0.15, -0.1) is 0 Å². The maximum atomic E-state index is 13.0. The number of carbonyl (C=O) groups excluding carboxylic acids is 4. The molecule has 198 valence electrons. The van der Waals surface area contributed by atoms with Gasteiger partial charge in [0.1, 0.15) is 23.3 Å². The molecule has 1 aromatic carbocycles. The standard InChI is InChI=1S/C26H38N4O6/c1-15-9-10-17(27-23(33)29-13-11-18(29)21(31)35-25(3,4)5)16(2)20(15)28-24(34)30-14-12-19(30)22(32)36-26(6,7)8/h9-10,18-19H,11-14H2,1-8H3,(H,27,33)(H,28,34). The van der Waals surface area contributed by atoms with Gasteiger partial charge >= 0.3 is 24.0 Å². The number of hydrogen-bond donors (Lipinski definition) is 2. The molecule has 2 aliphatic rings. The van der Waals surface area contributed by atoms with Crippen LogP contribution in [0.3, 0.4) is 0 Å². The average Bonchev–Trinajstić information content (AvgIpc) is 2.62. The largest absolute Gasteiger partial charge is 0.458 e. The van der Waals surface area contributed by atoms with E-state index < -0.39 is 47.3 Å². The van der Waals surface area contributed by atoms with E-state index in [0.29, 0.717) is 42.9 Å². The minimum Gasteiger partial charge on any atom is -0.458 e. The Morgan fingerprint density at radius 1 is 0.778 bits per heavy atom. The molecular formula is C26H38N4O6. The third-order valence-corrected chi connectivity index (χ3v) is 6.07. The predicted octanol–water partition coefficient (Wildman–Crippen LogP) is 4.20. The van der Waals surface area contributed by atoms with E-state index >= 15 is 0 Å². The van der Waals surface area contributed by atoms with Crippen molar-refractivity contribution >= 4 is 35.4 Å². The van der Waals surface area contributed by atoms with Crippen LogP contribution in [0.4, 0.5) is 21.0 Å². The Hall–Kier alpha value is -3.30. The first-order valence-corrected chi connectivity index (χ1v) is 12.3. The van der Waals surface area contributed by atoms with Crippen molar-refractivity contribution < 1.29 is 28.7 Å². The molecule has 10 heteroatoms. The molecule has 0 aliphatic carbocycles. The van der Waals surface area contributed by atoms with E-state index in [2.05, 4.69) is 10.6 Å². The van der Waals surface area contributed by atoms with Crippen LogP contribution in [-0.2, 0) is 19.1 Å². The van der Waals surface area contributed by atoms with E-state index in [0.717, 1.165) is 5.56 Å². The summed E-state index contributed by atoms with van der Waals surface area (Å²) in [4.78, 5) is 53.6. The molecule has 4 amide bonds. The van der Waals surface area contributed by atoms with Crippen LogP contribution >= 0.6 is 0 Å². The van der Waals surface area contributed by atoms with Crippen molar-refractivity contribution in [2.75, 3.05) is 23.7 Å². The molecule has 10 nitrogen and oxygen atoms in total. The lowest BCUT2D eigenvalue weighted by Crippen LogP contribution is -2.58. The lowest BCUT2D eigenvalue weighted by molar-refractivity contribution is -0.165. The predicted molar refractivity (Wildman–Crippen MR) is 136 cm³/mol. The first-order chi connectivity index (χ1) is 16.6. The molecule has 2 unspecified atom stereocenters. The van der Waals surface area contributed by atoms with E-state index in [1.54, 1.807) is 60.6 Å². The number of nitrogens with zero attached hydrogens (tertiary/aromatic N) is 2. The Labute approximate surface area is 212 Å². The quantitative estimate of drug-likeness (QED) is 0.596. The zero-order valence-electron chi connectivity index (χ0n) is 22.5. The summed E-state index contributed by atoms with van der Waals surface area (Å²) in [6.07, 6.45) is 1.09. The summed E-state index contributed by atoms with van der Waals surface area (Å²) in [6.45, 7) is 15.3. The van der Waals surface area contributed by atoms with E-state index in [1.165, 1.54) is 9.80 Å². The molecule has 2 saturated heterocycles. The Morgan fingerprint density at radius 3 is 1.61 bits per heavy atom. The smallest absolute Gasteiger partial charge is 0.329 e. The van der Waals surface area contributed by atoms with Crippen LogP contribution in [0.15, 0.2) is 12.1 Å². The van der Waals surface area contributed by atoms with Gasteiger partial charge in [-0.3, -0.25) is 0 Å². The highest BCUT2D eigenvalue weighted by molar-refractivity contribution is 5.98. The van der Waals surface area contributed by atoms with Gasteiger partial charge in [-0.05, 0) is 85.4 Å². The second kappa shape index (κ2) is 9.99. The van der Waals surface area contributed by atoms with Crippen molar-refractivity contribution in [3.8, 4) is 0 Å². The SMILES string of the molecule is Cc1ccc(NC(=O)N2CCC2C(=O)OC(C)(C)C)c(C)c1NC(=O)N1CCC1C(=O)OC(C)(C)C. The summed E-state index contributed by atoms with van der Waals surface area (Å²) >= 11 is 0. The number of carbonyl (C=O) groups is 4. The van der Waals surface area contributed by atoms with Crippen LogP contribution in [0.2, 0.25) is 0 Å². The molecule has 1 aromatic rings. The second-order valence-corrected chi connectivity index (χ2v) is 11.4. The number of esters is 2. The molecule has 2 atom stereocenters. The molecule has 0 spiro atoms. The Kier molecular flexibility index (Phi) is 7.57. The van der Waals surface area contributed by atoms with Crippen LogP contribution in [-0.4, -0.2) is 70.2 Å². The van der Waals surface area contributed by atoms with Crippen molar-refractivity contribution in [1.82, 2.24) is 9.80 Å². The highest BCUT2D eigenvalue weighted by Gasteiger charge is 2.41. The topological polar surface area (TPSA) is 117 Å². The maximum Gasteiger partial charge on any atom is 0.329 e. The Balaban J connectivity index is 1.67. The van der Waals surface area contributed by atoms with Gasteiger partial charge in [0, 0.05) is 18.8 Å². The van der Waals surface area contributed by atoms with Crippen LogP contribution in [0.5, 0.6) is 0 Å². The summed E-state index contributed by atoms with van der Waals surface area (Å²) in [7, 11) is 0. The number of anilines is 2. The maximum absolute atomic E-state index is 13.0. The summed E-state index contributed by atoms with van der Waals surface area (Å²) in [5.74, 6) is -0.848. The second-order valence-electron chi connectivity index (χ2n) is 11.4. The third-order valence-electron chi connectivity index (χ3n) is 6.07. The molecule has 0 saturated carbocycles. The monoisotopic (exact) mass is 502 g/mol. The molecule has 0 radical (unpaired) electrons. The fourth-order valence-electron chi connectivity index (χ4n) is 4.03. The molecule has 2 heterocycles. The zero-order chi connectivity index (χ0) is 27.0. The molecule has 0 aromatic heterocycles. The van der Waals surface area contributed by atoms with Crippen molar-refractivity contribution in [3.05, 3.63) is 23.3 Å². The number of urea groups is 2. The van der Waals surface area contributed by atoms with Gasteiger partial charge < -0.3 is 29.9 Å². The lowest BCUT2D eigenvalue weighted by Gasteiger charge is -2.40. The number of ether oxygens (including phenoxy) is 2. The van der Waals surface area contributed by atoms with Gasteiger partial charge in [0.15, 0.2) is 0 Å². The van der Waals surface area contributed by atoms with Gasteiger partial charge in [0.25, 0.3) is 0 Å². The van der Waals surface area contributed by atoms with Crippen molar-refractivity contribution in [2.45, 2.75) is 91.5 Å². The highest BCUT2D eigenvalue weighted by Crippen LogP contribution is 2.31. The van der Waals surface area contributed by atoms with E-state index in [-0.39, 0.29) is 0 Å². The van der Waals surface area contributed by atoms with Gasteiger partial charge in [-0.2, -0.15) is 0 Å². The minimum atomic E-state index is -0.631. The van der Waals surface area contributed by atoms with Crippen LogP contribution in [0, 0.1) is 13.8 Å². The molecule has 3 rings (SSSR count). The van der Waals surface area contributed by atoms with Crippen molar-refractivity contribution in [2.24, 2.45) is 0 Å². The normalized spacial score (nSPS) is 19.6. The van der Waals surface area contributed by atoms with Crippen LogP contribution in [0.25, 0.3) is 0 Å². The number of hydrogen-bond acceptors (Lipinski definition) is 6. The summed E-state index contributed by atoms with van der Waals surface area (Å²) in [5.41, 5.74) is 1.29. The number of aryl methyl sites for hydroxylation is 1. The molecule has 36 heavy (non-hydrogen) atoms. The van der Waals surface area contributed by atoms with Crippen LogP contribution in [0.1, 0.15) is 65.5 Å². The highest BCUT2D eigenvalue weighted by atomic mass is 16.6. The van der Waals surface area contributed by atoms with E-state index in [4.69, 9.17) is 9.47 Å². The van der Waals surface area contributed by atoms with Crippen LogP contribution < -0.4 is 10.6 Å². The third kappa shape index (κ3) is 6.27. The Morgan fingerprint density at radius 2 is 1.22 bits per heavy atom. The van der Waals surface area contributed by atoms with Crippen molar-refractivity contribution in [3.63, 3.8) is 0 Å². The van der Waals surface area contributed by atoms with Gasteiger partial charge in [-0.1, -0.05) is 6.07 Å². The lowest BCUT2D eigenvalue weighted by atomic mass is 10.0. The summed E-state index contributed by atoms with van der Waals surface area (Å²) in [5, 5.41) is 5.74. The number of likely N-dealkylation sites (tertiary alicyclic amines) is 2. The number of rotatable bonds is 4. The van der Waals surface area contributed by atoms with E-state index in [9.17, 15) is 19.2 Å². The first-order valence-electron chi connectivity index (χ1n) is 12.3. The van der Waals surface area contributed by atoms with E-state index in [1.807, 2.05) is 6.92 Å². The van der Waals surface area contributed by atoms with Crippen molar-refractivity contribution in [1.29, 1.82) is 0 Å². The zero-order valence-corrected chi connectivity index (χ0v) is 22.5. The fraction of sp³-hybridized carbons (Fsp3) is 0.615. The minimum absolute atomic E-state index is 0.403. The first kappa shape index (κ1) is 27.3. The molecule has 2 N–H and O–H groups in total. The molecular weight excluding hydrogens is 464 g/mol. The molecule has 0 bridgehead atoms. The Bertz CT molecular complexity index is 1060. The molecule has 2 fully saturated rings. The summed E-state index contributed by atoms with van der Waals surface area (Å²) in [6, 6.07) is 1.50. The van der Waals surface area contributed by atoms with Gasteiger partial charge in [0.05, 0.1) is 5.69 Å². The molecule has 2 aliphatic heterocycles. The van der Waals surface area contributed by atoms with Gasteiger partial charge in [0.2, 0.25) is 0 Å². The number of amides is 4. The number of benzene rings is 1. The summed E-state index contributed by atoms with van der Waals surface area (Å²) < 4.78 is 10.8. The van der Waals surface area contributed by atoms with Gasteiger partial charge in [-0.25, -0.2) is 19.2 Å². The number of nitrogens with one attached hydrogen (secondary N) is 2. The average molecular weight is 503 g/mol. The fourth-order valence-corrected chi connectivity index (χ4v) is 4.03.